The molecule has 0 radical (unpaired) electrons. The lowest BCUT2D eigenvalue weighted by Gasteiger charge is -2.07. The van der Waals surface area contributed by atoms with Gasteiger partial charge < -0.3 is 14.5 Å². The number of nitrogens with one attached hydrogen (secondary N) is 1. The largest absolute Gasteiger partial charge is 0.494 e. The van der Waals surface area contributed by atoms with Crippen molar-refractivity contribution in [3.63, 3.8) is 0 Å². The smallest absolute Gasteiger partial charge is 0.193 e. The van der Waals surface area contributed by atoms with Crippen molar-refractivity contribution in [3.8, 4) is 5.75 Å². The van der Waals surface area contributed by atoms with Crippen LogP contribution in [0.2, 0.25) is 5.22 Å². The maximum Gasteiger partial charge on any atom is 0.193 e. The van der Waals surface area contributed by atoms with Crippen molar-refractivity contribution in [3.05, 3.63) is 47.1 Å². The van der Waals surface area contributed by atoms with Crippen molar-refractivity contribution >= 4 is 17.3 Å². The third kappa shape index (κ3) is 2.91. The first-order valence-corrected chi connectivity index (χ1v) is 5.38. The van der Waals surface area contributed by atoms with Crippen LogP contribution >= 0.6 is 11.6 Å². The predicted molar refractivity (Wildman–Crippen MR) is 64.0 cm³/mol. The Bertz CT molecular complexity index is 513. The van der Waals surface area contributed by atoms with Gasteiger partial charge >= 0.3 is 0 Å². The van der Waals surface area contributed by atoms with E-state index >= 15 is 0 Å². The van der Waals surface area contributed by atoms with E-state index in [1.54, 1.807) is 24.3 Å². The van der Waals surface area contributed by atoms with Gasteiger partial charge in [-0.1, -0.05) is 0 Å². The van der Waals surface area contributed by atoms with Crippen LogP contribution in [0.15, 0.2) is 34.7 Å². The number of benzene rings is 1. The Morgan fingerprint density at radius 2 is 2.18 bits per heavy atom. The quantitative estimate of drug-likeness (QED) is 0.905. The van der Waals surface area contributed by atoms with Crippen molar-refractivity contribution in [2.75, 3.05) is 12.4 Å². The van der Waals surface area contributed by atoms with Crippen molar-refractivity contribution in [2.24, 2.45) is 0 Å². The minimum absolute atomic E-state index is 0.201. The predicted octanol–water partition coefficient (Wildman–Crippen LogP) is 3.69. The molecule has 0 fully saturated rings. The summed E-state index contributed by atoms with van der Waals surface area (Å²) in [5, 5.41) is 3.42. The Kier molecular flexibility index (Phi) is 3.54. The molecule has 3 nitrogen and oxygen atoms in total. The van der Waals surface area contributed by atoms with Crippen LogP contribution in [-0.4, -0.2) is 7.11 Å². The van der Waals surface area contributed by atoms with Crippen molar-refractivity contribution < 1.29 is 13.5 Å². The van der Waals surface area contributed by atoms with Gasteiger partial charge in [-0.15, -0.1) is 0 Å². The number of hydrogen-bond donors (Lipinski definition) is 1. The molecule has 17 heavy (non-hydrogen) atoms. The molecule has 0 atom stereocenters. The number of hydrogen-bond acceptors (Lipinski definition) is 3. The van der Waals surface area contributed by atoms with E-state index in [0.29, 0.717) is 17.5 Å². The summed E-state index contributed by atoms with van der Waals surface area (Å²) in [5.74, 6) is 0.518. The Labute approximate surface area is 103 Å². The molecule has 1 N–H and O–H groups in total. The second-order valence-electron chi connectivity index (χ2n) is 3.41. The molecule has 0 saturated carbocycles. The van der Waals surface area contributed by atoms with Gasteiger partial charge in [0.15, 0.2) is 16.8 Å². The molecule has 2 aromatic rings. The zero-order valence-electron chi connectivity index (χ0n) is 9.17. The maximum absolute atomic E-state index is 13.1. The van der Waals surface area contributed by atoms with Crippen LogP contribution in [0.3, 0.4) is 0 Å². The van der Waals surface area contributed by atoms with Crippen LogP contribution in [0.4, 0.5) is 10.1 Å². The summed E-state index contributed by atoms with van der Waals surface area (Å²) >= 11 is 5.65. The Hall–Kier alpha value is -1.68. The fraction of sp³-hybridized carbons (Fsp3) is 0.167. The minimum atomic E-state index is -0.390. The standard InChI is InChI=1S/C12H11ClFNO2/c1-16-11-6-8(2-4-10(11)14)15-7-9-3-5-12(13)17-9/h2-6,15H,7H2,1H3. The average Bonchev–Trinajstić information content (AvgIpc) is 2.74. The Balaban J connectivity index is 2.04. The highest BCUT2D eigenvalue weighted by Gasteiger charge is 2.04. The summed E-state index contributed by atoms with van der Waals surface area (Å²) in [6, 6.07) is 8.00. The molecule has 0 amide bonds. The zero-order valence-corrected chi connectivity index (χ0v) is 9.92. The van der Waals surface area contributed by atoms with E-state index in [1.165, 1.54) is 13.2 Å². The molecule has 0 aliphatic heterocycles. The van der Waals surface area contributed by atoms with Gasteiger partial charge in [0.05, 0.1) is 13.7 Å². The topological polar surface area (TPSA) is 34.4 Å². The Morgan fingerprint density at radius 1 is 1.35 bits per heavy atom. The number of ether oxygens (including phenoxy) is 1. The second kappa shape index (κ2) is 5.10. The van der Waals surface area contributed by atoms with Gasteiger partial charge in [-0.05, 0) is 35.9 Å². The van der Waals surface area contributed by atoms with E-state index in [2.05, 4.69) is 5.32 Å². The van der Waals surface area contributed by atoms with Gasteiger partial charge in [0.1, 0.15) is 5.76 Å². The highest BCUT2D eigenvalue weighted by molar-refractivity contribution is 6.28. The lowest BCUT2D eigenvalue weighted by atomic mass is 10.3. The lowest BCUT2D eigenvalue weighted by Crippen LogP contribution is -1.99. The maximum atomic E-state index is 13.1. The molecular formula is C12H11ClFNO2. The summed E-state index contributed by atoms with van der Waals surface area (Å²) < 4.78 is 23.2. The summed E-state index contributed by atoms with van der Waals surface area (Å²) in [7, 11) is 1.43. The van der Waals surface area contributed by atoms with Gasteiger partial charge in [0.2, 0.25) is 0 Å². The molecule has 1 aromatic heterocycles. The molecule has 0 spiro atoms. The van der Waals surface area contributed by atoms with E-state index in [4.69, 9.17) is 20.8 Å². The van der Waals surface area contributed by atoms with E-state index in [9.17, 15) is 4.39 Å². The highest BCUT2D eigenvalue weighted by atomic mass is 35.5. The van der Waals surface area contributed by atoms with Gasteiger partial charge in [-0.25, -0.2) is 4.39 Å². The van der Waals surface area contributed by atoms with Gasteiger partial charge in [0.25, 0.3) is 0 Å². The third-order valence-electron chi connectivity index (χ3n) is 2.25. The van der Waals surface area contributed by atoms with E-state index in [-0.39, 0.29) is 11.6 Å². The normalized spacial score (nSPS) is 10.3. The van der Waals surface area contributed by atoms with Crippen molar-refractivity contribution in [1.82, 2.24) is 0 Å². The highest BCUT2D eigenvalue weighted by Crippen LogP contribution is 2.22. The first kappa shape index (κ1) is 11.8. The first-order valence-electron chi connectivity index (χ1n) is 5.00. The summed E-state index contributed by atoms with van der Waals surface area (Å²) in [6.07, 6.45) is 0. The molecule has 0 aliphatic rings. The van der Waals surface area contributed by atoms with Gasteiger partial charge in [0, 0.05) is 11.8 Å². The SMILES string of the molecule is COc1cc(NCc2ccc(Cl)o2)ccc1F. The van der Waals surface area contributed by atoms with Crippen LogP contribution in [0, 0.1) is 5.82 Å². The number of anilines is 1. The fourth-order valence-corrected chi connectivity index (χ4v) is 1.57. The molecule has 0 bridgehead atoms. The second-order valence-corrected chi connectivity index (χ2v) is 3.78. The molecular weight excluding hydrogens is 245 g/mol. The van der Waals surface area contributed by atoms with E-state index in [0.717, 1.165) is 5.69 Å². The molecule has 5 heteroatoms. The first-order chi connectivity index (χ1) is 8.19. The lowest BCUT2D eigenvalue weighted by molar-refractivity contribution is 0.387. The van der Waals surface area contributed by atoms with Crippen LogP contribution in [0.25, 0.3) is 0 Å². The summed E-state index contributed by atoms with van der Waals surface area (Å²) in [5.41, 5.74) is 0.746. The average molecular weight is 256 g/mol. The summed E-state index contributed by atoms with van der Waals surface area (Å²) in [6.45, 7) is 0.474. The minimum Gasteiger partial charge on any atom is -0.494 e. The molecule has 2 rings (SSSR count). The van der Waals surface area contributed by atoms with Crippen LogP contribution < -0.4 is 10.1 Å². The fourth-order valence-electron chi connectivity index (χ4n) is 1.41. The Morgan fingerprint density at radius 3 is 2.82 bits per heavy atom. The number of rotatable bonds is 4. The van der Waals surface area contributed by atoms with E-state index < -0.39 is 0 Å². The molecule has 0 aliphatic carbocycles. The van der Waals surface area contributed by atoms with Crippen LogP contribution in [-0.2, 0) is 6.54 Å². The summed E-state index contributed by atoms with van der Waals surface area (Å²) in [4.78, 5) is 0. The zero-order chi connectivity index (χ0) is 12.3. The van der Waals surface area contributed by atoms with E-state index in [1.807, 2.05) is 0 Å². The number of furan rings is 1. The molecule has 1 heterocycles. The van der Waals surface area contributed by atoms with Gasteiger partial charge in [-0.2, -0.15) is 0 Å². The van der Waals surface area contributed by atoms with Crippen molar-refractivity contribution in [2.45, 2.75) is 6.54 Å². The van der Waals surface area contributed by atoms with Gasteiger partial charge in [-0.3, -0.25) is 0 Å². The van der Waals surface area contributed by atoms with Crippen molar-refractivity contribution in [1.29, 1.82) is 0 Å². The monoisotopic (exact) mass is 255 g/mol. The van der Waals surface area contributed by atoms with Crippen LogP contribution in [0.5, 0.6) is 5.75 Å². The number of methoxy groups -OCH3 is 1. The number of halogens is 2. The molecule has 90 valence electrons. The molecule has 1 aromatic carbocycles. The molecule has 0 unspecified atom stereocenters. The third-order valence-corrected chi connectivity index (χ3v) is 2.45. The van der Waals surface area contributed by atoms with Crippen LogP contribution in [0.1, 0.15) is 5.76 Å². The molecule has 0 saturated heterocycles.